The zero-order valence-electron chi connectivity index (χ0n) is 8.89. The Morgan fingerprint density at radius 3 is 2.07 bits per heavy atom. The summed E-state index contributed by atoms with van der Waals surface area (Å²) in [5.74, 6) is 0. The maximum absolute atomic E-state index is 6.26. The lowest BCUT2D eigenvalue weighted by Gasteiger charge is -2.26. The van der Waals surface area contributed by atoms with Gasteiger partial charge in [0.15, 0.2) is 0 Å². The van der Waals surface area contributed by atoms with Crippen LogP contribution in [0.4, 0.5) is 0 Å². The Bertz CT molecular complexity index is 275. The highest BCUT2D eigenvalue weighted by Gasteiger charge is 2.20. The molecule has 0 fully saturated rings. The Hall–Kier alpha value is -0.0900. The fourth-order valence-corrected chi connectivity index (χ4v) is 1.87. The molecule has 0 aliphatic rings. The molecule has 2 N–H and O–H groups in total. The van der Waals surface area contributed by atoms with Gasteiger partial charge in [-0.15, -0.1) is 0 Å². The highest BCUT2D eigenvalue weighted by Crippen LogP contribution is 2.18. The van der Waals surface area contributed by atoms with Crippen LogP contribution < -0.4 is 5.73 Å². The van der Waals surface area contributed by atoms with E-state index in [4.69, 9.17) is 5.73 Å². The van der Waals surface area contributed by atoms with Gasteiger partial charge in [0.25, 0.3) is 0 Å². The molecule has 0 bridgehead atoms. The second-order valence-electron chi connectivity index (χ2n) is 3.87. The molecule has 0 spiro atoms. The van der Waals surface area contributed by atoms with Crippen molar-refractivity contribution < 1.29 is 0 Å². The van der Waals surface area contributed by atoms with Gasteiger partial charge >= 0.3 is 0 Å². The van der Waals surface area contributed by atoms with E-state index in [0.717, 1.165) is 19.3 Å². The molecule has 0 radical (unpaired) electrons. The maximum atomic E-state index is 6.26. The molecule has 0 unspecified atom stereocenters. The molecular weight excluding hydrogens is 285 g/mol. The summed E-state index contributed by atoms with van der Waals surface area (Å²) in [4.78, 5) is 0. The second kappa shape index (κ2) is 5.12. The van der Waals surface area contributed by atoms with Gasteiger partial charge < -0.3 is 5.73 Å². The van der Waals surface area contributed by atoms with Crippen LogP contribution in [0.5, 0.6) is 0 Å². The minimum Gasteiger partial charge on any atom is -0.325 e. The van der Waals surface area contributed by atoms with Gasteiger partial charge in [-0.05, 0) is 59.5 Å². The number of benzene rings is 1. The molecule has 1 rings (SSSR count). The molecule has 0 aromatic heterocycles. The molecule has 1 nitrogen and oxygen atoms in total. The average Bonchev–Trinajstić information content (AvgIpc) is 2.21. The van der Waals surface area contributed by atoms with Gasteiger partial charge in [0, 0.05) is 9.11 Å². The molecule has 0 atom stereocenters. The summed E-state index contributed by atoms with van der Waals surface area (Å²) in [6.45, 7) is 4.33. The smallest absolute Gasteiger partial charge is 0.0189 e. The van der Waals surface area contributed by atoms with Crippen molar-refractivity contribution in [3.05, 3.63) is 33.4 Å². The first kappa shape index (κ1) is 12.0. The summed E-state index contributed by atoms with van der Waals surface area (Å²) < 4.78 is 1.28. The third kappa shape index (κ3) is 3.24. The predicted octanol–water partition coefficient (Wildman–Crippen LogP) is 3.35. The van der Waals surface area contributed by atoms with E-state index >= 15 is 0 Å². The molecule has 1 aromatic carbocycles. The summed E-state index contributed by atoms with van der Waals surface area (Å²) >= 11 is 2.32. The summed E-state index contributed by atoms with van der Waals surface area (Å²) in [7, 11) is 0. The lowest BCUT2D eigenvalue weighted by Crippen LogP contribution is -2.40. The van der Waals surface area contributed by atoms with E-state index < -0.39 is 0 Å². The standard InChI is InChI=1S/C12H18IN/c1-3-12(14,4-2)9-10-5-7-11(13)8-6-10/h5-8H,3-4,9,14H2,1-2H3. The summed E-state index contributed by atoms with van der Waals surface area (Å²) in [5.41, 5.74) is 7.59. The normalized spacial score (nSPS) is 11.7. The molecule has 14 heavy (non-hydrogen) atoms. The molecule has 0 amide bonds. The van der Waals surface area contributed by atoms with Crippen LogP contribution in [-0.2, 0) is 6.42 Å². The van der Waals surface area contributed by atoms with Crippen LogP contribution in [-0.4, -0.2) is 5.54 Å². The highest BCUT2D eigenvalue weighted by molar-refractivity contribution is 14.1. The summed E-state index contributed by atoms with van der Waals surface area (Å²) in [5, 5.41) is 0. The van der Waals surface area contributed by atoms with E-state index in [1.54, 1.807) is 0 Å². The molecule has 0 saturated carbocycles. The minimum absolute atomic E-state index is 0.0210. The third-order valence-electron chi connectivity index (χ3n) is 2.88. The van der Waals surface area contributed by atoms with Crippen molar-refractivity contribution >= 4 is 22.6 Å². The lowest BCUT2D eigenvalue weighted by atomic mass is 9.87. The number of hydrogen-bond donors (Lipinski definition) is 1. The molecule has 78 valence electrons. The first-order valence-corrected chi connectivity index (χ1v) is 6.21. The van der Waals surface area contributed by atoms with E-state index in [-0.39, 0.29) is 5.54 Å². The lowest BCUT2D eigenvalue weighted by molar-refractivity contribution is 0.393. The Morgan fingerprint density at radius 2 is 1.64 bits per heavy atom. The van der Waals surface area contributed by atoms with Crippen molar-refractivity contribution in [2.45, 2.75) is 38.6 Å². The van der Waals surface area contributed by atoms with Gasteiger partial charge in [-0.25, -0.2) is 0 Å². The van der Waals surface area contributed by atoms with Gasteiger partial charge in [0.2, 0.25) is 0 Å². The zero-order valence-corrected chi connectivity index (χ0v) is 11.0. The van der Waals surface area contributed by atoms with Crippen molar-refractivity contribution in [1.29, 1.82) is 0 Å². The topological polar surface area (TPSA) is 26.0 Å². The Morgan fingerprint density at radius 1 is 1.14 bits per heavy atom. The third-order valence-corrected chi connectivity index (χ3v) is 3.60. The maximum Gasteiger partial charge on any atom is 0.0189 e. The molecule has 1 aromatic rings. The van der Waals surface area contributed by atoms with Crippen LogP contribution in [0, 0.1) is 3.57 Å². The van der Waals surface area contributed by atoms with Crippen LogP contribution >= 0.6 is 22.6 Å². The average molecular weight is 303 g/mol. The summed E-state index contributed by atoms with van der Waals surface area (Å²) in [6.07, 6.45) is 3.06. The molecule has 0 heterocycles. The van der Waals surface area contributed by atoms with Crippen molar-refractivity contribution in [2.24, 2.45) is 5.73 Å². The highest BCUT2D eigenvalue weighted by atomic mass is 127. The van der Waals surface area contributed by atoms with Gasteiger partial charge in [-0.2, -0.15) is 0 Å². The fraction of sp³-hybridized carbons (Fsp3) is 0.500. The van der Waals surface area contributed by atoms with E-state index in [9.17, 15) is 0 Å². The van der Waals surface area contributed by atoms with Crippen LogP contribution in [0.3, 0.4) is 0 Å². The van der Waals surface area contributed by atoms with Crippen molar-refractivity contribution in [3.8, 4) is 0 Å². The van der Waals surface area contributed by atoms with Gasteiger partial charge in [0.1, 0.15) is 0 Å². The molecular formula is C12H18IN. The van der Waals surface area contributed by atoms with Gasteiger partial charge in [-0.3, -0.25) is 0 Å². The van der Waals surface area contributed by atoms with E-state index in [0.29, 0.717) is 0 Å². The predicted molar refractivity (Wildman–Crippen MR) is 70.4 cm³/mol. The number of nitrogens with two attached hydrogens (primary N) is 1. The van der Waals surface area contributed by atoms with Crippen molar-refractivity contribution in [1.82, 2.24) is 0 Å². The quantitative estimate of drug-likeness (QED) is 0.848. The Kier molecular flexibility index (Phi) is 4.38. The van der Waals surface area contributed by atoms with Gasteiger partial charge in [-0.1, -0.05) is 26.0 Å². The first-order chi connectivity index (χ1) is 6.59. The van der Waals surface area contributed by atoms with Crippen LogP contribution in [0.25, 0.3) is 0 Å². The fourth-order valence-electron chi connectivity index (χ4n) is 1.51. The molecule has 2 heteroatoms. The number of hydrogen-bond acceptors (Lipinski definition) is 1. The SMILES string of the molecule is CCC(N)(CC)Cc1ccc(I)cc1. The van der Waals surface area contributed by atoms with Crippen molar-refractivity contribution in [2.75, 3.05) is 0 Å². The first-order valence-electron chi connectivity index (χ1n) is 5.13. The van der Waals surface area contributed by atoms with E-state index in [1.165, 1.54) is 9.13 Å². The van der Waals surface area contributed by atoms with Crippen LogP contribution in [0.15, 0.2) is 24.3 Å². The molecule has 0 aliphatic heterocycles. The second-order valence-corrected chi connectivity index (χ2v) is 5.12. The zero-order chi connectivity index (χ0) is 10.6. The molecule has 0 aliphatic carbocycles. The monoisotopic (exact) mass is 303 g/mol. The minimum atomic E-state index is -0.0210. The van der Waals surface area contributed by atoms with E-state index in [1.807, 2.05) is 0 Å². The Balaban J connectivity index is 2.72. The molecule has 0 saturated heterocycles. The Labute approximate surface area is 100 Å². The van der Waals surface area contributed by atoms with E-state index in [2.05, 4.69) is 60.7 Å². The largest absolute Gasteiger partial charge is 0.325 e. The van der Waals surface area contributed by atoms with Crippen LogP contribution in [0.2, 0.25) is 0 Å². The number of halogens is 1. The van der Waals surface area contributed by atoms with Crippen LogP contribution in [0.1, 0.15) is 32.3 Å². The van der Waals surface area contributed by atoms with Crippen molar-refractivity contribution in [3.63, 3.8) is 0 Å². The summed E-state index contributed by atoms with van der Waals surface area (Å²) in [6, 6.07) is 8.63. The number of rotatable bonds is 4. The van der Waals surface area contributed by atoms with Gasteiger partial charge in [0.05, 0.1) is 0 Å².